The van der Waals surface area contributed by atoms with Crippen molar-refractivity contribution in [2.75, 3.05) is 26.4 Å². The fourth-order valence-corrected chi connectivity index (χ4v) is 0.600. The molecule has 0 aliphatic rings. The Kier molecular flexibility index (Phi) is 7.73. The highest BCUT2D eigenvalue weighted by atomic mass is 16.7. The summed E-state index contributed by atoms with van der Waals surface area (Å²) in [5.74, 6) is 0. The topological polar surface area (TPSA) is 87.1 Å². The van der Waals surface area contributed by atoms with Gasteiger partial charge in [-0.15, -0.1) is 0 Å². The zero-order chi connectivity index (χ0) is 9.23. The number of azide groups is 1. The minimum Gasteiger partial charge on any atom is -0.350 e. The second-order valence-electron chi connectivity index (χ2n) is 1.88. The summed E-state index contributed by atoms with van der Waals surface area (Å²) in [6, 6.07) is 0. The SMILES string of the molecule is CCOC(C[O])OCCN=[N+]=[N-]. The molecule has 0 saturated carbocycles. The minimum absolute atomic E-state index is 0.219. The second-order valence-corrected chi connectivity index (χ2v) is 1.88. The zero-order valence-corrected chi connectivity index (χ0v) is 6.97. The summed E-state index contributed by atoms with van der Waals surface area (Å²) in [6.07, 6.45) is -0.719. The number of hydrogen-bond acceptors (Lipinski definition) is 3. The van der Waals surface area contributed by atoms with E-state index in [4.69, 9.17) is 15.0 Å². The summed E-state index contributed by atoms with van der Waals surface area (Å²) in [5, 5.41) is 13.6. The van der Waals surface area contributed by atoms with Gasteiger partial charge in [-0.1, -0.05) is 5.11 Å². The third-order valence-corrected chi connectivity index (χ3v) is 1.05. The Bertz CT molecular complexity index is 147. The maximum atomic E-state index is 10.3. The lowest BCUT2D eigenvalue weighted by Gasteiger charge is -2.12. The normalized spacial score (nSPS) is 12.2. The Morgan fingerprint density at radius 3 is 2.83 bits per heavy atom. The van der Waals surface area contributed by atoms with Gasteiger partial charge >= 0.3 is 0 Å². The van der Waals surface area contributed by atoms with Gasteiger partial charge < -0.3 is 9.47 Å². The van der Waals surface area contributed by atoms with Crippen LogP contribution in [0.2, 0.25) is 0 Å². The van der Waals surface area contributed by atoms with Gasteiger partial charge in [-0.2, -0.15) is 0 Å². The Morgan fingerprint density at radius 1 is 1.58 bits per heavy atom. The fraction of sp³-hybridized carbons (Fsp3) is 1.00. The second kappa shape index (κ2) is 8.29. The summed E-state index contributed by atoms with van der Waals surface area (Å²) in [6.45, 7) is 2.22. The maximum Gasteiger partial charge on any atom is 0.183 e. The molecule has 0 aromatic rings. The van der Waals surface area contributed by atoms with Gasteiger partial charge in [0, 0.05) is 18.1 Å². The largest absolute Gasteiger partial charge is 0.350 e. The van der Waals surface area contributed by atoms with Gasteiger partial charge in [0.15, 0.2) is 6.29 Å². The molecule has 0 saturated heterocycles. The molecule has 0 bridgehead atoms. The molecule has 69 valence electrons. The summed E-state index contributed by atoms with van der Waals surface area (Å²) in [7, 11) is 0. The van der Waals surface area contributed by atoms with Crippen LogP contribution >= 0.6 is 0 Å². The number of ether oxygens (including phenoxy) is 2. The predicted molar refractivity (Wildman–Crippen MR) is 40.9 cm³/mol. The van der Waals surface area contributed by atoms with E-state index in [9.17, 15) is 5.11 Å². The van der Waals surface area contributed by atoms with Crippen LogP contribution in [0.5, 0.6) is 0 Å². The monoisotopic (exact) mass is 174 g/mol. The van der Waals surface area contributed by atoms with E-state index in [1.54, 1.807) is 6.92 Å². The van der Waals surface area contributed by atoms with Crippen molar-refractivity contribution in [3.63, 3.8) is 0 Å². The molecule has 0 N–H and O–H groups in total. The van der Waals surface area contributed by atoms with Crippen LogP contribution in [0.3, 0.4) is 0 Å². The standard InChI is InChI=1S/C6H12N3O3/c1-2-11-6(5-10)12-4-3-8-9-7/h6H,2-5H2,1H3. The predicted octanol–water partition coefficient (Wildman–Crippen LogP) is 1.11. The molecule has 0 aliphatic heterocycles. The van der Waals surface area contributed by atoms with Crippen LogP contribution in [0.1, 0.15) is 6.92 Å². The highest BCUT2D eigenvalue weighted by Gasteiger charge is 2.05. The van der Waals surface area contributed by atoms with Crippen molar-refractivity contribution in [1.82, 2.24) is 0 Å². The van der Waals surface area contributed by atoms with E-state index in [1.165, 1.54) is 0 Å². The van der Waals surface area contributed by atoms with E-state index in [0.717, 1.165) is 0 Å². The van der Waals surface area contributed by atoms with Gasteiger partial charge in [0.05, 0.1) is 6.61 Å². The minimum atomic E-state index is -0.719. The van der Waals surface area contributed by atoms with Crippen molar-refractivity contribution in [3.8, 4) is 0 Å². The molecule has 1 radical (unpaired) electrons. The molecule has 0 heterocycles. The molecule has 0 spiro atoms. The number of rotatable bonds is 7. The lowest BCUT2D eigenvalue weighted by atomic mass is 10.6. The van der Waals surface area contributed by atoms with Crippen LogP contribution in [0, 0.1) is 0 Å². The van der Waals surface area contributed by atoms with Crippen LogP contribution in [-0.2, 0) is 14.6 Å². The van der Waals surface area contributed by atoms with Crippen molar-refractivity contribution in [3.05, 3.63) is 10.4 Å². The molecular weight excluding hydrogens is 162 g/mol. The first kappa shape index (κ1) is 11.2. The quantitative estimate of drug-likeness (QED) is 0.190. The van der Waals surface area contributed by atoms with Crippen molar-refractivity contribution >= 4 is 0 Å². The lowest BCUT2D eigenvalue weighted by molar-refractivity contribution is -0.167. The van der Waals surface area contributed by atoms with E-state index >= 15 is 0 Å². The van der Waals surface area contributed by atoms with Crippen LogP contribution in [0.25, 0.3) is 10.4 Å². The molecule has 12 heavy (non-hydrogen) atoms. The summed E-state index contributed by atoms with van der Waals surface area (Å²) in [5.41, 5.74) is 7.90. The molecule has 0 aromatic carbocycles. The first-order valence-corrected chi connectivity index (χ1v) is 3.67. The average Bonchev–Trinajstić information content (AvgIpc) is 2.10. The van der Waals surface area contributed by atoms with E-state index in [1.807, 2.05) is 0 Å². The molecule has 6 nitrogen and oxygen atoms in total. The van der Waals surface area contributed by atoms with Crippen LogP contribution in [0.15, 0.2) is 5.11 Å². The van der Waals surface area contributed by atoms with Gasteiger partial charge in [-0.25, -0.2) is 5.11 Å². The van der Waals surface area contributed by atoms with Crippen LogP contribution in [-0.4, -0.2) is 32.7 Å². The molecule has 0 aliphatic carbocycles. The molecule has 0 rings (SSSR count). The summed E-state index contributed by atoms with van der Waals surface area (Å²) in [4.78, 5) is 2.53. The Hall–Kier alpha value is -0.810. The van der Waals surface area contributed by atoms with Crippen molar-refractivity contribution in [1.29, 1.82) is 0 Å². The number of hydrogen-bond donors (Lipinski definition) is 0. The first-order valence-electron chi connectivity index (χ1n) is 3.67. The van der Waals surface area contributed by atoms with E-state index in [2.05, 4.69) is 10.0 Å². The average molecular weight is 174 g/mol. The van der Waals surface area contributed by atoms with Gasteiger partial charge in [-0.05, 0) is 12.5 Å². The highest BCUT2D eigenvalue weighted by molar-refractivity contribution is 4.46. The molecule has 6 heteroatoms. The molecular formula is C6H12N3O3. The smallest absolute Gasteiger partial charge is 0.183 e. The molecule has 0 fully saturated rings. The van der Waals surface area contributed by atoms with E-state index in [-0.39, 0.29) is 13.2 Å². The molecule has 1 atom stereocenters. The Balaban J connectivity index is 3.36. The zero-order valence-electron chi connectivity index (χ0n) is 6.97. The molecule has 1 unspecified atom stereocenters. The van der Waals surface area contributed by atoms with Crippen molar-refractivity contribution in [2.24, 2.45) is 5.11 Å². The lowest BCUT2D eigenvalue weighted by Crippen LogP contribution is -2.22. The fourth-order valence-electron chi connectivity index (χ4n) is 0.600. The van der Waals surface area contributed by atoms with Gasteiger partial charge in [0.1, 0.15) is 6.61 Å². The van der Waals surface area contributed by atoms with Gasteiger partial charge in [0.25, 0.3) is 0 Å². The van der Waals surface area contributed by atoms with Gasteiger partial charge in [-0.3, -0.25) is 0 Å². The Labute approximate surface area is 70.7 Å². The summed E-state index contributed by atoms with van der Waals surface area (Å²) < 4.78 is 9.84. The molecule has 0 aromatic heterocycles. The van der Waals surface area contributed by atoms with Crippen molar-refractivity contribution in [2.45, 2.75) is 13.2 Å². The number of nitrogens with zero attached hydrogens (tertiary/aromatic N) is 3. The van der Waals surface area contributed by atoms with E-state index in [0.29, 0.717) is 6.61 Å². The highest BCUT2D eigenvalue weighted by Crippen LogP contribution is 1.93. The molecule has 0 amide bonds. The van der Waals surface area contributed by atoms with Crippen LogP contribution in [0.4, 0.5) is 0 Å². The van der Waals surface area contributed by atoms with E-state index < -0.39 is 12.9 Å². The first-order chi connectivity index (χ1) is 5.85. The Morgan fingerprint density at radius 2 is 2.33 bits per heavy atom. The third-order valence-electron chi connectivity index (χ3n) is 1.05. The summed E-state index contributed by atoms with van der Waals surface area (Å²) >= 11 is 0. The van der Waals surface area contributed by atoms with Gasteiger partial charge in [0.2, 0.25) is 0 Å². The van der Waals surface area contributed by atoms with Crippen LogP contribution < -0.4 is 0 Å². The van der Waals surface area contributed by atoms with Crippen molar-refractivity contribution < 1.29 is 14.6 Å². The maximum absolute atomic E-state index is 10.3. The third kappa shape index (κ3) is 5.94.